The van der Waals surface area contributed by atoms with Gasteiger partial charge in [0.15, 0.2) is 0 Å². The lowest BCUT2D eigenvalue weighted by Gasteiger charge is -2.18. The molecule has 0 aromatic carbocycles. The maximum atomic E-state index is 5.85. The molecule has 3 heteroatoms. The van der Waals surface area contributed by atoms with E-state index in [9.17, 15) is 0 Å². The molecule has 1 rings (SSSR count). The van der Waals surface area contributed by atoms with Gasteiger partial charge in [0.25, 0.3) is 0 Å². The van der Waals surface area contributed by atoms with Crippen LogP contribution in [0.1, 0.15) is 39.4 Å². The smallest absolute Gasteiger partial charge is 0.0948 e. The van der Waals surface area contributed by atoms with Crippen LogP contribution in [-0.2, 0) is 6.54 Å². The summed E-state index contributed by atoms with van der Waals surface area (Å²) in [6, 6.07) is 0.0665. The summed E-state index contributed by atoms with van der Waals surface area (Å²) in [6.07, 6.45) is 3.73. The van der Waals surface area contributed by atoms with Gasteiger partial charge in [0.2, 0.25) is 0 Å². The lowest BCUT2D eigenvalue weighted by Crippen LogP contribution is -2.17. The van der Waals surface area contributed by atoms with Gasteiger partial charge in [-0.15, -0.1) is 0 Å². The molecular formula is C11H21N3. The highest BCUT2D eigenvalue weighted by molar-refractivity contribution is 5.03. The first-order valence-electron chi connectivity index (χ1n) is 5.28. The molecule has 0 aliphatic rings. The van der Waals surface area contributed by atoms with E-state index in [2.05, 4.69) is 30.3 Å². The molecule has 0 spiro atoms. The number of nitrogens with two attached hydrogens (primary N) is 1. The van der Waals surface area contributed by atoms with Crippen LogP contribution >= 0.6 is 0 Å². The van der Waals surface area contributed by atoms with E-state index in [-0.39, 0.29) is 6.04 Å². The molecule has 2 atom stereocenters. The van der Waals surface area contributed by atoms with E-state index in [1.807, 2.05) is 19.4 Å². The molecule has 0 saturated heterocycles. The third-order valence-electron chi connectivity index (χ3n) is 2.83. The Kier molecular flexibility index (Phi) is 3.69. The first-order chi connectivity index (χ1) is 6.52. The zero-order valence-electron chi connectivity index (χ0n) is 9.57. The largest absolute Gasteiger partial charge is 0.333 e. The van der Waals surface area contributed by atoms with E-state index in [1.54, 1.807) is 0 Å². The highest BCUT2D eigenvalue weighted by Crippen LogP contribution is 2.16. The van der Waals surface area contributed by atoms with Gasteiger partial charge in [-0.25, -0.2) is 4.98 Å². The van der Waals surface area contributed by atoms with Crippen LogP contribution < -0.4 is 5.73 Å². The minimum absolute atomic E-state index is 0.0665. The van der Waals surface area contributed by atoms with Crippen LogP contribution in [0.25, 0.3) is 0 Å². The summed E-state index contributed by atoms with van der Waals surface area (Å²) in [5.74, 6) is 1.35. The van der Waals surface area contributed by atoms with Crippen LogP contribution in [-0.4, -0.2) is 9.55 Å². The van der Waals surface area contributed by atoms with Crippen LogP contribution in [0.15, 0.2) is 12.5 Å². The summed E-state index contributed by atoms with van der Waals surface area (Å²) in [6.45, 7) is 9.75. The Morgan fingerprint density at radius 3 is 2.50 bits per heavy atom. The number of hydrogen-bond acceptors (Lipinski definition) is 2. The van der Waals surface area contributed by atoms with Crippen LogP contribution in [0.5, 0.6) is 0 Å². The molecule has 0 aliphatic heterocycles. The van der Waals surface area contributed by atoms with Crippen molar-refractivity contribution in [1.29, 1.82) is 0 Å². The molecule has 0 bridgehead atoms. The van der Waals surface area contributed by atoms with Gasteiger partial charge in [0, 0.05) is 18.8 Å². The van der Waals surface area contributed by atoms with Crippen LogP contribution in [0.4, 0.5) is 0 Å². The summed E-state index contributed by atoms with van der Waals surface area (Å²) in [7, 11) is 0. The third-order valence-corrected chi connectivity index (χ3v) is 2.83. The highest BCUT2D eigenvalue weighted by atomic mass is 15.1. The lowest BCUT2D eigenvalue weighted by atomic mass is 9.98. The Morgan fingerprint density at radius 1 is 1.36 bits per heavy atom. The van der Waals surface area contributed by atoms with Crippen molar-refractivity contribution in [2.45, 2.75) is 40.3 Å². The van der Waals surface area contributed by atoms with E-state index < -0.39 is 0 Å². The Morgan fingerprint density at radius 2 is 2.00 bits per heavy atom. The molecular weight excluding hydrogens is 174 g/mol. The average Bonchev–Trinajstić information content (AvgIpc) is 2.52. The first kappa shape index (κ1) is 11.2. The van der Waals surface area contributed by atoms with E-state index in [1.165, 1.54) is 0 Å². The summed E-state index contributed by atoms with van der Waals surface area (Å²) in [4.78, 5) is 4.14. The molecule has 0 radical (unpaired) electrons. The topological polar surface area (TPSA) is 43.8 Å². The molecule has 1 aromatic heterocycles. The van der Waals surface area contributed by atoms with Crippen molar-refractivity contribution >= 4 is 0 Å². The van der Waals surface area contributed by atoms with Gasteiger partial charge in [0.1, 0.15) is 0 Å². The molecule has 0 amide bonds. The van der Waals surface area contributed by atoms with E-state index in [4.69, 9.17) is 5.73 Å². The maximum absolute atomic E-state index is 5.85. The number of aromatic nitrogens is 2. The van der Waals surface area contributed by atoms with E-state index >= 15 is 0 Å². The number of imidazole rings is 1. The fourth-order valence-corrected chi connectivity index (χ4v) is 1.38. The van der Waals surface area contributed by atoms with Gasteiger partial charge in [-0.1, -0.05) is 20.8 Å². The van der Waals surface area contributed by atoms with E-state index in [0.717, 1.165) is 12.2 Å². The standard InChI is InChI=1S/C11H21N3/c1-8(2)9(3)6-14-7-13-5-11(14)10(4)12/h5,7-10H,6,12H2,1-4H3/t9?,10-/m1/s1. The summed E-state index contributed by atoms with van der Waals surface area (Å²) in [5.41, 5.74) is 6.97. The molecule has 3 nitrogen and oxygen atoms in total. The quantitative estimate of drug-likeness (QED) is 0.800. The monoisotopic (exact) mass is 195 g/mol. The summed E-state index contributed by atoms with van der Waals surface area (Å²) in [5, 5.41) is 0. The normalized spacial score (nSPS) is 15.9. The Labute approximate surface area is 86.3 Å². The zero-order chi connectivity index (χ0) is 10.7. The second-order valence-electron chi connectivity index (χ2n) is 4.48. The van der Waals surface area contributed by atoms with Gasteiger partial charge >= 0.3 is 0 Å². The SMILES string of the molecule is CC(C)C(C)Cn1cncc1[C@@H](C)N. The van der Waals surface area contributed by atoms with Gasteiger partial charge in [-0.3, -0.25) is 0 Å². The van der Waals surface area contributed by atoms with Crippen molar-refractivity contribution in [2.75, 3.05) is 0 Å². The fraction of sp³-hybridized carbons (Fsp3) is 0.727. The summed E-state index contributed by atoms with van der Waals surface area (Å²) < 4.78 is 2.16. The van der Waals surface area contributed by atoms with Gasteiger partial charge in [-0.2, -0.15) is 0 Å². The van der Waals surface area contributed by atoms with Gasteiger partial charge in [0.05, 0.1) is 12.0 Å². The Balaban J connectivity index is 2.71. The second kappa shape index (κ2) is 4.60. The van der Waals surface area contributed by atoms with Crippen molar-refractivity contribution in [3.63, 3.8) is 0 Å². The van der Waals surface area contributed by atoms with Crippen LogP contribution in [0.2, 0.25) is 0 Å². The number of rotatable bonds is 4. The highest BCUT2D eigenvalue weighted by Gasteiger charge is 2.11. The Hall–Kier alpha value is -0.830. The van der Waals surface area contributed by atoms with E-state index in [0.29, 0.717) is 11.8 Å². The molecule has 80 valence electrons. The van der Waals surface area contributed by atoms with Crippen molar-refractivity contribution in [3.8, 4) is 0 Å². The Bertz CT molecular complexity index is 276. The maximum Gasteiger partial charge on any atom is 0.0948 e. The zero-order valence-corrected chi connectivity index (χ0v) is 9.57. The van der Waals surface area contributed by atoms with Crippen LogP contribution in [0.3, 0.4) is 0 Å². The number of nitrogens with zero attached hydrogens (tertiary/aromatic N) is 2. The van der Waals surface area contributed by atoms with Crippen molar-refractivity contribution in [2.24, 2.45) is 17.6 Å². The van der Waals surface area contributed by atoms with Gasteiger partial charge < -0.3 is 10.3 Å². The molecule has 1 aromatic rings. The van der Waals surface area contributed by atoms with Crippen molar-refractivity contribution in [3.05, 3.63) is 18.2 Å². The fourth-order valence-electron chi connectivity index (χ4n) is 1.38. The van der Waals surface area contributed by atoms with Crippen molar-refractivity contribution < 1.29 is 0 Å². The molecule has 1 unspecified atom stereocenters. The minimum atomic E-state index is 0.0665. The average molecular weight is 195 g/mol. The molecule has 14 heavy (non-hydrogen) atoms. The third kappa shape index (κ3) is 2.58. The lowest BCUT2D eigenvalue weighted by molar-refractivity contribution is 0.358. The number of hydrogen-bond donors (Lipinski definition) is 1. The predicted molar refractivity (Wildman–Crippen MR) is 58.8 cm³/mol. The van der Waals surface area contributed by atoms with Crippen LogP contribution in [0, 0.1) is 11.8 Å². The predicted octanol–water partition coefficient (Wildman–Crippen LogP) is 2.19. The molecule has 0 aliphatic carbocycles. The summed E-state index contributed by atoms with van der Waals surface area (Å²) >= 11 is 0. The second-order valence-corrected chi connectivity index (χ2v) is 4.48. The minimum Gasteiger partial charge on any atom is -0.333 e. The molecule has 1 heterocycles. The van der Waals surface area contributed by atoms with Crippen molar-refractivity contribution in [1.82, 2.24) is 9.55 Å². The van der Waals surface area contributed by atoms with Gasteiger partial charge in [-0.05, 0) is 18.8 Å². The molecule has 0 saturated carbocycles. The first-order valence-corrected chi connectivity index (χ1v) is 5.28. The molecule has 2 N–H and O–H groups in total. The molecule has 0 fully saturated rings.